The molecule has 0 aromatic heterocycles. The van der Waals surface area contributed by atoms with E-state index in [1.807, 2.05) is 43.3 Å². The first-order chi connectivity index (χ1) is 18.9. The number of aryl methyl sites for hydroxylation is 1. The van der Waals surface area contributed by atoms with E-state index < -0.39 is 11.9 Å². The topological polar surface area (TPSA) is 115 Å². The standard InChI is InChI=1S/C30H27N3O6/c1-19-7-6-9-21(15-19)29(35)31-18-28(34)33-32-17-24-23-10-5-4-8-20(23)11-13-25(24)39-30(36)22-12-14-26(37-2)27(16-22)38-3/h4-17H,18H2,1-3H3,(H,31,35)(H,33,34)/b32-17-. The lowest BCUT2D eigenvalue weighted by atomic mass is 10.0. The van der Waals surface area contributed by atoms with Gasteiger partial charge >= 0.3 is 5.97 Å². The number of hydrogen-bond acceptors (Lipinski definition) is 7. The Morgan fingerprint density at radius 2 is 1.59 bits per heavy atom. The van der Waals surface area contributed by atoms with Crippen molar-refractivity contribution in [1.29, 1.82) is 0 Å². The number of ether oxygens (including phenoxy) is 3. The lowest BCUT2D eigenvalue weighted by Crippen LogP contribution is -2.34. The van der Waals surface area contributed by atoms with Gasteiger partial charge in [-0.2, -0.15) is 5.10 Å². The van der Waals surface area contributed by atoms with Gasteiger partial charge in [0.1, 0.15) is 5.75 Å². The molecule has 4 rings (SSSR count). The van der Waals surface area contributed by atoms with Crippen LogP contribution in [0.1, 0.15) is 31.8 Å². The fraction of sp³-hybridized carbons (Fsp3) is 0.133. The molecule has 4 aromatic carbocycles. The van der Waals surface area contributed by atoms with Gasteiger partial charge in [-0.05, 0) is 54.1 Å². The van der Waals surface area contributed by atoms with Crippen LogP contribution in [0, 0.1) is 6.92 Å². The van der Waals surface area contributed by atoms with E-state index in [-0.39, 0.29) is 23.8 Å². The molecule has 0 spiro atoms. The number of amides is 2. The molecule has 0 saturated carbocycles. The zero-order chi connectivity index (χ0) is 27.8. The van der Waals surface area contributed by atoms with Crippen LogP contribution >= 0.6 is 0 Å². The summed E-state index contributed by atoms with van der Waals surface area (Å²) in [7, 11) is 2.99. The van der Waals surface area contributed by atoms with E-state index in [9.17, 15) is 14.4 Å². The Hall–Kier alpha value is -5.18. The highest BCUT2D eigenvalue weighted by Crippen LogP contribution is 2.30. The zero-order valence-electron chi connectivity index (χ0n) is 21.7. The second kappa shape index (κ2) is 12.4. The van der Waals surface area contributed by atoms with Crippen LogP contribution in [0.25, 0.3) is 10.8 Å². The Kier molecular flexibility index (Phi) is 8.53. The summed E-state index contributed by atoms with van der Waals surface area (Å²) in [4.78, 5) is 37.6. The summed E-state index contributed by atoms with van der Waals surface area (Å²) in [6, 6.07) is 22.8. The molecule has 0 atom stereocenters. The quantitative estimate of drug-likeness (QED) is 0.146. The van der Waals surface area contributed by atoms with E-state index in [1.165, 1.54) is 26.5 Å². The average molecular weight is 526 g/mol. The Balaban J connectivity index is 1.49. The summed E-state index contributed by atoms with van der Waals surface area (Å²) >= 11 is 0. The minimum atomic E-state index is -0.608. The Bertz CT molecular complexity index is 1560. The fourth-order valence-corrected chi connectivity index (χ4v) is 3.88. The summed E-state index contributed by atoms with van der Waals surface area (Å²) in [5.74, 6) is -0.363. The molecule has 0 aliphatic heterocycles. The molecule has 2 amide bonds. The molecule has 0 aliphatic carbocycles. The highest BCUT2D eigenvalue weighted by atomic mass is 16.5. The summed E-state index contributed by atoms with van der Waals surface area (Å²) < 4.78 is 16.2. The van der Waals surface area contributed by atoms with Gasteiger partial charge in [0.05, 0.1) is 32.5 Å². The second-order valence-corrected chi connectivity index (χ2v) is 8.50. The van der Waals surface area contributed by atoms with Crippen LogP contribution in [0.4, 0.5) is 0 Å². The number of carbonyl (C=O) groups is 3. The molecule has 0 saturated heterocycles. The Morgan fingerprint density at radius 3 is 2.36 bits per heavy atom. The maximum Gasteiger partial charge on any atom is 0.343 e. The van der Waals surface area contributed by atoms with E-state index in [4.69, 9.17) is 14.2 Å². The predicted molar refractivity (Wildman–Crippen MR) is 148 cm³/mol. The van der Waals surface area contributed by atoms with Gasteiger partial charge in [0, 0.05) is 11.1 Å². The minimum Gasteiger partial charge on any atom is -0.493 e. The predicted octanol–water partition coefficient (Wildman–Crippen LogP) is 4.26. The van der Waals surface area contributed by atoms with Crippen LogP contribution < -0.4 is 25.0 Å². The third-order valence-electron chi connectivity index (χ3n) is 5.83. The van der Waals surface area contributed by atoms with Gasteiger partial charge in [-0.15, -0.1) is 0 Å². The van der Waals surface area contributed by atoms with E-state index in [0.29, 0.717) is 22.6 Å². The number of fused-ring (bicyclic) bond motifs is 1. The molecule has 9 heteroatoms. The van der Waals surface area contributed by atoms with Crippen LogP contribution in [-0.2, 0) is 4.79 Å². The number of nitrogens with zero attached hydrogens (tertiary/aromatic N) is 1. The summed E-state index contributed by atoms with van der Waals surface area (Å²) in [5.41, 5.74) is 4.56. The van der Waals surface area contributed by atoms with E-state index in [1.54, 1.807) is 36.4 Å². The van der Waals surface area contributed by atoms with Crippen molar-refractivity contribution in [2.24, 2.45) is 5.10 Å². The van der Waals surface area contributed by atoms with Gasteiger partial charge in [0.15, 0.2) is 11.5 Å². The smallest absolute Gasteiger partial charge is 0.343 e. The molecule has 0 heterocycles. The van der Waals surface area contributed by atoms with Gasteiger partial charge in [0.25, 0.3) is 11.8 Å². The van der Waals surface area contributed by atoms with Crippen LogP contribution in [0.3, 0.4) is 0 Å². The van der Waals surface area contributed by atoms with Gasteiger partial charge in [-0.3, -0.25) is 9.59 Å². The van der Waals surface area contributed by atoms with Crippen molar-refractivity contribution in [3.63, 3.8) is 0 Å². The van der Waals surface area contributed by atoms with Gasteiger partial charge in [-0.25, -0.2) is 10.2 Å². The molecule has 0 aliphatic rings. The third-order valence-corrected chi connectivity index (χ3v) is 5.83. The number of hydrogen-bond donors (Lipinski definition) is 2. The van der Waals surface area contributed by atoms with Crippen LogP contribution in [0.5, 0.6) is 17.2 Å². The number of nitrogens with one attached hydrogen (secondary N) is 2. The molecule has 4 aromatic rings. The first-order valence-electron chi connectivity index (χ1n) is 12.0. The minimum absolute atomic E-state index is 0.249. The van der Waals surface area contributed by atoms with E-state index in [2.05, 4.69) is 15.8 Å². The van der Waals surface area contributed by atoms with Crippen molar-refractivity contribution in [2.75, 3.05) is 20.8 Å². The maximum atomic E-state index is 13.0. The molecule has 2 N–H and O–H groups in total. The van der Waals surface area contributed by atoms with Crippen molar-refractivity contribution in [3.05, 3.63) is 101 Å². The zero-order valence-corrected chi connectivity index (χ0v) is 21.7. The van der Waals surface area contributed by atoms with Crippen molar-refractivity contribution < 1.29 is 28.6 Å². The van der Waals surface area contributed by atoms with Gasteiger partial charge in [0.2, 0.25) is 0 Å². The molecule has 9 nitrogen and oxygen atoms in total. The van der Waals surface area contributed by atoms with Crippen LogP contribution in [0.2, 0.25) is 0 Å². The lowest BCUT2D eigenvalue weighted by molar-refractivity contribution is -0.120. The molecular formula is C30H27N3O6. The van der Waals surface area contributed by atoms with E-state index in [0.717, 1.165) is 16.3 Å². The van der Waals surface area contributed by atoms with Crippen molar-refractivity contribution in [2.45, 2.75) is 6.92 Å². The normalized spacial score (nSPS) is 10.7. The highest BCUT2D eigenvalue weighted by molar-refractivity contribution is 6.04. The number of esters is 1. The van der Waals surface area contributed by atoms with Gasteiger partial charge in [-0.1, -0.05) is 48.0 Å². The highest BCUT2D eigenvalue weighted by Gasteiger charge is 2.16. The second-order valence-electron chi connectivity index (χ2n) is 8.50. The maximum absolute atomic E-state index is 13.0. The Morgan fingerprint density at radius 1 is 0.821 bits per heavy atom. The first-order valence-corrected chi connectivity index (χ1v) is 12.0. The number of benzene rings is 4. The number of methoxy groups -OCH3 is 2. The third kappa shape index (κ3) is 6.58. The van der Waals surface area contributed by atoms with Crippen molar-refractivity contribution in [3.8, 4) is 17.2 Å². The fourth-order valence-electron chi connectivity index (χ4n) is 3.88. The lowest BCUT2D eigenvalue weighted by Gasteiger charge is -2.12. The number of hydrazone groups is 1. The number of rotatable bonds is 9. The Labute approximate surface area is 225 Å². The van der Waals surface area contributed by atoms with Crippen LogP contribution in [-0.4, -0.2) is 44.8 Å². The number of carbonyl (C=O) groups excluding carboxylic acids is 3. The SMILES string of the molecule is COc1ccc(C(=O)Oc2ccc3ccccc3c2/C=N\NC(=O)CNC(=O)c2cccc(C)c2)cc1OC. The van der Waals surface area contributed by atoms with E-state index >= 15 is 0 Å². The van der Waals surface area contributed by atoms with Crippen molar-refractivity contribution >= 4 is 34.8 Å². The molecule has 0 bridgehead atoms. The summed E-state index contributed by atoms with van der Waals surface area (Å²) in [5, 5.41) is 8.26. The monoisotopic (exact) mass is 525 g/mol. The van der Waals surface area contributed by atoms with Crippen LogP contribution in [0.15, 0.2) is 84.0 Å². The first kappa shape index (κ1) is 26.9. The molecule has 0 radical (unpaired) electrons. The largest absolute Gasteiger partial charge is 0.493 e. The molecule has 0 unspecified atom stereocenters. The molecule has 198 valence electrons. The molecule has 39 heavy (non-hydrogen) atoms. The van der Waals surface area contributed by atoms with Crippen molar-refractivity contribution in [1.82, 2.24) is 10.7 Å². The molecular weight excluding hydrogens is 498 g/mol. The molecule has 0 fully saturated rings. The summed E-state index contributed by atoms with van der Waals surface area (Å²) in [6.07, 6.45) is 1.40. The summed E-state index contributed by atoms with van der Waals surface area (Å²) in [6.45, 7) is 1.62. The van der Waals surface area contributed by atoms with Gasteiger partial charge < -0.3 is 19.5 Å². The average Bonchev–Trinajstić information content (AvgIpc) is 2.96.